The highest BCUT2D eigenvalue weighted by atomic mass is 32.2. The molecule has 2 aromatic rings. The third kappa shape index (κ3) is 5.45. The van der Waals surface area contributed by atoms with E-state index in [-0.39, 0.29) is 23.4 Å². The second-order valence-electron chi connectivity index (χ2n) is 6.99. The first-order valence-corrected chi connectivity index (χ1v) is 11.2. The van der Waals surface area contributed by atoms with Crippen LogP contribution in [0.25, 0.3) is 0 Å². The van der Waals surface area contributed by atoms with E-state index >= 15 is 0 Å². The van der Waals surface area contributed by atoms with E-state index in [9.17, 15) is 13.2 Å². The van der Waals surface area contributed by atoms with Gasteiger partial charge in [0.25, 0.3) is 0 Å². The number of hydrogen-bond donors (Lipinski definition) is 2. The van der Waals surface area contributed by atoms with Crippen LogP contribution in [0.2, 0.25) is 0 Å². The summed E-state index contributed by atoms with van der Waals surface area (Å²) in [6.45, 7) is 4.80. The van der Waals surface area contributed by atoms with Gasteiger partial charge < -0.3 is 14.6 Å². The van der Waals surface area contributed by atoms with Crippen LogP contribution >= 0.6 is 0 Å². The monoisotopic (exact) mass is 420 g/mol. The number of hydrogen-bond acceptors (Lipinski definition) is 5. The molecule has 9 heteroatoms. The Kier molecular flexibility index (Phi) is 7.07. The molecule has 1 amide bonds. The topological polar surface area (TPSA) is 92.7 Å². The van der Waals surface area contributed by atoms with Gasteiger partial charge in [-0.15, -0.1) is 0 Å². The van der Waals surface area contributed by atoms with E-state index in [4.69, 9.17) is 4.74 Å². The maximum Gasteiger partial charge on any atom is 0.240 e. The van der Waals surface area contributed by atoms with Crippen molar-refractivity contribution in [2.24, 2.45) is 7.05 Å². The summed E-state index contributed by atoms with van der Waals surface area (Å²) in [5.74, 6) is -0.116. The number of ether oxygens (including phenoxy) is 1. The molecule has 1 aromatic carbocycles. The average molecular weight is 421 g/mol. The molecule has 1 aliphatic heterocycles. The van der Waals surface area contributed by atoms with E-state index in [1.807, 2.05) is 29.9 Å². The lowest BCUT2D eigenvalue weighted by Crippen LogP contribution is -2.44. The van der Waals surface area contributed by atoms with Gasteiger partial charge in [-0.25, -0.2) is 13.1 Å². The molecule has 1 aromatic heterocycles. The van der Waals surface area contributed by atoms with Gasteiger partial charge in [0, 0.05) is 50.7 Å². The van der Waals surface area contributed by atoms with Crippen molar-refractivity contribution in [3.63, 3.8) is 0 Å². The molecule has 2 N–H and O–H groups in total. The van der Waals surface area contributed by atoms with E-state index < -0.39 is 10.0 Å². The summed E-state index contributed by atoms with van der Waals surface area (Å²) < 4.78 is 35.8. The molecule has 1 unspecified atom stereocenters. The van der Waals surface area contributed by atoms with Crippen molar-refractivity contribution in [2.45, 2.75) is 24.3 Å². The normalized spacial score (nSPS) is 16.5. The molecule has 1 saturated heterocycles. The van der Waals surface area contributed by atoms with Crippen LogP contribution in [0.1, 0.15) is 25.1 Å². The summed E-state index contributed by atoms with van der Waals surface area (Å²) in [6.07, 6.45) is 2.32. The number of nitrogens with zero attached hydrogens (tertiary/aromatic N) is 2. The lowest BCUT2D eigenvalue weighted by atomic mass is 10.1. The number of benzene rings is 1. The van der Waals surface area contributed by atoms with Crippen molar-refractivity contribution in [3.8, 4) is 0 Å². The van der Waals surface area contributed by atoms with E-state index in [1.54, 1.807) is 19.1 Å². The second-order valence-corrected chi connectivity index (χ2v) is 8.75. The highest BCUT2D eigenvalue weighted by molar-refractivity contribution is 7.89. The molecule has 1 fully saturated rings. The fourth-order valence-electron chi connectivity index (χ4n) is 3.37. The first-order valence-electron chi connectivity index (χ1n) is 9.73. The third-order valence-electron chi connectivity index (χ3n) is 5.05. The molecular formula is C20H28N4O4S. The van der Waals surface area contributed by atoms with Crippen LogP contribution < -0.4 is 10.0 Å². The number of carbonyl (C=O) groups excluding carboxylic acids is 1. The number of nitrogens with one attached hydrogen (secondary N) is 2. The minimum absolute atomic E-state index is 0.0863. The number of anilines is 1. The van der Waals surface area contributed by atoms with Crippen LogP contribution in [0.4, 0.5) is 5.69 Å². The van der Waals surface area contributed by atoms with Gasteiger partial charge in [0.1, 0.15) is 0 Å². The smallest absolute Gasteiger partial charge is 0.240 e. The minimum Gasteiger partial charge on any atom is -0.379 e. The molecule has 0 aliphatic carbocycles. The summed E-state index contributed by atoms with van der Waals surface area (Å²) >= 11 is 0. The number of aryl methyl sites for hydroxylation is 1. The first kappa shape index (κ1) is 21.5. The molecule has 3 rings (SSSR count). The molecule has 0 spiro atoms. The Balaban J connectivity index is 1.72. The predicted octanol–water partition coefficient (Wildman–Crippen LogP) is 1.73. The summed E-state index contributed by atoms with van der Waals surface area (Å²) in [7, 11) is -1.72. The predicted molar refractivity (Wildman–Crippen MR) is 111 cm³/mol. The maximum atomic E-state index is 12.8. The number of amides is 1. The SMILES string of the molecule is CCC(=O)Nc1ccc(S(=O)(=O)NCC(c2cccn2C)N2CCOCC2)cc1. The van der Waals surface area contributed by atoms with Crippen LogP contribution in [0.3, 0.4) is 0 Å². The van der Waals surface area contributed by atoms with E-state index in [0.29, 0.717) is 25.3 Å². The number of sulfonamides is 1. The Hall–Kier alpha value is -2.20. The fraction of sp³-hybridized carbons (Fsp3) is 0.450. The number of morpholine rings is 1. The zero-order chi connectivity index (χ0) is 20.9. The molecule has 0 bridgehead atoms. The molecule has 1 aliphatic rings. The van der Waals surface area contributed by atoms with Crippen molar-refractivity contribution < 1.29 is 17.9 Å². The Bertz CT molecular complexity index is 918. The van der Waals surface area contributed by atoms with Crippen molar-refractivity contribution in [1.82, 2.24) is 14.2 Å². The van der Waals surface area contributed by atoms with Gasteiger partial charge >= 0.3 is 0 Å². The Morgan fingerprint density at radius 2 is 1.86 bits per heavy atom. The van der Waals surface area contributed by atoms with Crippen molar-refractivity contribution >= 4 is 21.6 Å². The quantitative estimate of drug-likeness (QED) is 0.678. The highest BCUT2D eigenvalue weighted by Gasteiger charge is 2.26. The zero-order valence-corrected chi connectivity index (χ0v) is 17.6. The lowest BCUT2D eigenvalue weighted by molar-refractivity contribution is -0.115. The molecular weight excluding hydrogens is 392 g/mol. The van der Waals surface area contributed by atoms with Crippen LogP contribution in [0.5, 0.6) is 0 Å². The average Bonchev–Trinajstić information content (AvgIpc) is 3.15. The Morgan fingerprint density at radius 1 is 1.17 bits per heavy atom. The van der Waals surface area contributed by atoms with Crippen LogP contribution in [-0.2, 0) is 26.6 Å². The van der Waals surface area contributed by atoms with Gasteiger partial charge in [-0.1, -0.05) is 6.92 Å². The van der Waals surface area contributed by atoms with Crippen molar-refractivity contribution in [3.05, 3.63) is 48.3 Å². The summed E-state index contributed by atoms with van der Waals surface area (Å²) in [5.41, 5.74) is 1.62. The van der Waals surface area contributed by atoms with Gasteiger partial charge in [-0.3, -0.25) is 9.69 Å². The van der Waals surface area contributed by atoms with Gasteiger partial charge in [0.05, 0.1) is 24.2 Å². The van der Waals surface area contributed by atoms with Gasteiger partial charge in [-0.2, -0.15) is 0 Å². The van der Waals surface area contributed by atoms with Crippen molar-refractivity contribution in [1.29, 1.82) is 0 Å². The Morgan fingerprint density at radius 3 is 2.45 bits per heavy atom. The largest absolute Gasteiger partial charge is 0.379 e. The first-order chi connectivity index (χ1) is 13.9. The lowest BCUT2D eigenvalue weighted by Gasteiger charge is -2.34. The third-order valence-corrected chi connectivity index (χ3v) is 6.49. The van der Waals surface area contributed by atoms with E-state index in [2.05, 4.69) is 14.9 Å². The maximum absolute atomic E-state index is 12.8. The zero-order valence-electron chi connectivity index (χ0n) is 16.8. The summed E-state index contributed by atoms with van der Waals surface area (Å²) in [4.78, 5) is 13.9. The molecule has 2 heterocycles. The van der Waals surface area contributed by atoms with E-state index in [1.165, 1.54) is 12.1 Å². The summed E-state index contributed by atoms with van der Waals surface area (Å²) in [6, 6.07) is 10.1. The van der Waals surface area contributed by atoms with Crippen LogP contribution in [0.15, 0.2) is 47.5 Å². The van der Waals surface area contributed by atoms with Gasteiger partial charge in [-0.05, 0) is 36.4 Å². The number of carbonyl (C=O) groups is 1. The second kappa shape index (κ2) is 9.53. The molecule has 29 heavy (non-hydrogen) atoms. The molecule has 0 saturated carbocycles. The van der Waals surface area contributed by atoms with Crippen LogP contribution in [-0.4, -0.2) is 56.6 Å². The highest BCUT2D eigenvalue weighted by Crippen LogP contribution is 2.22. The molecule has 158 valence electrons. The van der Waals surface area contributed by atoms with Crippen LogP contribution in [0, 0.1) is 0 Å². The molecule has 8 nitrogen and oxygen atoms in total. The van der Waals surface area contributed by atoms with E-state index in [0.717, 1.165) is 18.8 Å². The standard InChI is InChI=1S/C20H28N4O4S/c1-3-20(25)22-16-6-8-17(9-7-16)29(26,27)21-15-19(18-5-4-10-23(18)2)24-11-13-28-14-12-24/h4-10,19,21H,3,11-15H2,1-2H3,(H,22,25). The Labute approximate surface area is 171 Å². The molecule has 0 radical (unpaired) electrons. The van der Waals surface area contributed by atoms with Crippen molar-refractivity contribution in [2.75, 3.05) is 38.2 Å². The number of rotatable bonds is 8. The van der Waals surface area contributed by atoms with Gasteiger partial charge in [0.2, 0.25) is 15.9 Å². The minimum atomic E-state index is -3.68. The number of aromatic nitrogens is 1. The molecule has 1 atom stereocenters. The fourth-order valence-corrected chi connectivity index (χ4v) is 4.41. The summed E-state index contributed by atoms with van der Waals surface area (Å²) in [5, 5.41) is 2.71. The van der Waals surface area contributed by atoms with Gasteiger partial charge in [0.15, 0.2) is 0 Å².